The summed E-state index contributed by atoms with van der Waals surface area (Å²) in [6.45, 7) is 8.35. The molecule has 1 aliphatic carbocycles. The van der Waals surface area contributed by atoms with Crippen molar-refractivity contribution in [3.63, 3.8) is 0 Å². The molecule has 1 heterocycles. The molecule has 0 amide bonds. The Morgan fingerprint density at radius 3 is 2.40 bits per heavy atom. The van der Waals surface area contributed by atoms with Gasteiger partial charge in [0.1, 0.15) is 0 Å². The maximum Gasteiger partial charge on any atom is 0.494 e. The Bertz CT molecular complexity index is 511. The maximum atomic E-state index is 6.12. The fourth-order valence-corrected chi connectivity index (χ4v) is 2.93. The number of rotatable bonds is 1. The molecule has 0 bridgehead atoms. The molecule has 0 spiro atoms. The molecule has 4 heteroatoms. The normalized spacial score (nSPS) is 27.4. The van der Waals surface area contributed by atoms with Gasteiger partial charge < -0.3 is 15.0 Å². The molecule has 3 nitrogen and oxygen atoms in total. The van der Waals surface area contributed by atoms with Crippen LogP contribution in [0.2, 0.25) is 0 Å². The van der Waals surface area contributed by atoms with Crippen molar-refractivity contribution in [1.82, 2.24) is 0 Å². The van der Waals surface area contributed by atoms with E-state index in [0.717, 1.165) is 24.7 Å². The van der Waals surface area contributed by atoms with Gasteiger partial charge in [-0.3, -0.25) is 0 Å². The number of nitrogens with two attached hydrogens (primary N) is 1. The monoisotopic (exact) mass is 273 g/mol. The van der Waals surface area contributed by atoms with Crippen LogP contribution in [0.15, 0.2) is 18.2 Å². The predicted octanol–water partition coefficient (Wildman–Crippen LogP) is 1.80. The van der Waals surface area contributed by atoms with E-state index in [0.29, 0.717) is 6.04 Å². The Kier molecular flexibility index (Phi) is 3.24. The second kappa shape index (κ2) is 4.59. The van der Waals surface area contributed by atoms with Crippen LogP contribution in [0.5, 0.6) is 0 Å². The highest BCUT2D eigenvalue weighted by molar-refractivity contribution is 6.62. The van der Waals surface area contributed by atoms with Crippen LogP contribution in [-0.4, -0.2) is 24.4 Å². The predicted molar refractivity (Wildman–Crippen MR) is 82.2 cm³/mol. The van der Waals surface area contributed by atoms with Crippen molar-refractivity contribution >= 4 is 12.6 Å². The van der Waals surface area contributed by atoms with E-state index in [1.165, 1.54) is 11.1 Å². The average molecular weight is 273 g/mol. The maximum absolute atomic E-state index is 6.12. The zero-order valence-corrected chi connectivity index (χ0v) is 12.9. The lowest BCUT2D eigenvalue weighted by Crippen LogP contribution is -2.41. The summed E-state index contributed by atoms with van der Waals surface area (Å²) in [5.41, 5.74) is 9.37. The van der Waals surface area contributed by atoms with Crippen molar-refractivity contribution in [3.8, 4) is 0 Å². The highest BCUT2D eigenvalue weighted by atomic mass is 16.7. The van der Waals surface area contributed by atoms with Crippen LogP contribution in [0.4, 0.5) is 0 Å². The molecule has 1 atom stereocenters. The average Bonchev–Trinajstić information content (AvgIpc) is 2.58. The second-order valence-electron chi connectivity index (χ2n) is 7.12. The summed E-state index contributed by atoms with van der Waals surface area (Å²) in [7, 11) is -0.263. The molecule has 1 aliphatic heterocycles. The third kappa shape index (κ3) is 2.30. The van der Waals surface area contributed by atoms with Gasteiger partial charge in [-0.2, -0.15) is 0 Å². The first-order chi connectivity index (χ1) is 9.28. The van der Waals surface area contributed by atoms with Gasteiger partial charge in [0, 0.05) is 6.04 Å². The van der Waals surface area contributed by atoms with Crippen molar-refractivity contribution in [2.24, 2.45) is 5.73 Å². The van der Waals surface area contributed by atoms with Crippen LogP contribution in [0, 0.1) is 0 Å². The van der Waals surface area contributed by atoms with Gasteiger partial charge in [-0.25, -0.2) is 0 Å². The molecule has 1 unspecified atom stereocenters. The zero-order valence-electron chi connectivity index (χ0n) is 12.9. The van der Waals surface area contributed by atoms with E-state index in [4.69, 9.17) is 15.0 Å². The highest BCUT2D eigenvalue weighted by Crippen LogP contribution is 2.36. The fourth-order valence-electron chi connectivity index (χ4n) is 2.93. The van der Waals surface area contributed by atoms with Crippen LogP contribution in [0.3, 0.4) is 0 Å². The fraction of sp³-hybridized carbons (Fsp3) is 0.625. The quantitative estimate of drug-likeness (QED) is 0.793. The minimum absolute atomic E-state index is 0.263. The van der Waals surface area contributed by atoms with Gasteiger partial charge in [0.2, 0.25) is 0 Å². The lowest BCUT2D eigenvalue weighted by atomic mass is 9.75. The van der Waals surface area contributed by atoms with Crippen molar-refractivity contribution in [1.29, 1.82) is 0 Å². The van der Waals surface area contributed by atoms with Crippen LogP contribution < -0.4 is 11.2 Å². The molecule has 3 rings (SSSR count). The largest absolute Gasteiger partial charge is 0.494 e. The van der Waals surface area contributed by atoms with E-state index in [9.17, 15) is 0 Å². The van der Waals surface area contributed by atoms with Crippen molar-refractivity contribution in [3.05, 3.63) is 29.3 Å². The van der Waals surface area contributed by atoms with Crippen molar-refractivity contribution < 1.29 is 9.31 Å². The van der Waals surface area contributed by atoms with E-state index in [1.54, 1.807) is 0 Å². The molecule has 0 saturated carbocycles. The number of hydrogen-bond donors (Lipinski definition) is 1. The SMILES string of the molecule is CC1(C)OB(c2ccc3c(c2)CCC(N)C3)OC1(C)C. The second-order valence-corrected chi connectivity index (χ2v) is 7.12. The zero-order chi connectivity index (χ0) is 14.5. The van der Waals surface area contributed by atoms with Gasteiger partial charge in [0.15, 0.2) is 0 Å². The van der Waals surface area contributed by atoms with Crippen LogP contribution in [0.1, 0.15) is 45.2 Å². The van der Waals surface area contributed by atoms with Gasteiger partial charge >= 0.3 is 7.12 Å². The molecular weight excluding hydrogens is 249 g/mol. The molecule has 20 heavy (non-hydrogen) atoms. The summed E-state index contributed by atoms with van der Waals surface area (Å²) in [4.78, 5) is 0. The standard InChI is InChI=1S/C16H24BNO2/c1-15(2)16(3,4)20-17(19-15)13-7-5-12-10-14(18)8-6-11(12)9-13/h5,7,9,14H,6,8,10,18H2,1-4H3. The Morgan fingerprint density at radius 2 is 1.75 bits per heavy atom. The Hall–Kier alpha value is -0.835. The summed E-state index contributed by atoms with van der Waals surface area (Å²) in [5.74, 6) is 0. The third-order valence-corrected chi connectivity index (χ3v) is 5.02. The first-order valence-electron chi connectivity index (χ1n) is 7.51. The van der Waals surface area contributed by atoms with E-state index in [1.807, 2.05) is 0 Å². The van der Waals surface area contributed by atoms with Gasteiger partial charge in [-0.05, 0) is 63.5 Å². The van der Waals surface area contributed by atoms with Gasteiger partial charge in [0.05, 0.1) is 11.2 Å². The molecule has 2 N–H and O–H groups in total. The molecule has 1 aromatic rings. The smallest absolute Gasteiger partial charge is 0.399 e. The molecular formula is C16H24BNO2. The van der Waals surface area contributed by atoms with E-state index in [2.05, 4.69) is 45.9 Å². The van der Waals surface area contributed by atoms with Gasteiger partial charge in [-0.15, -0.1) is 0 Å². The lowest BCUT2D eigenvalue weighted by Gasteiger charge is -2.32. The van der Waals surface area contributed by atoms with E-state index < -0.39 is 0 Å². The Labute approximate surface area is 122 Å². The first-order valence-corrected chi connectivity index (χ1v) is 7.51. The van der Waals surface area contributed by atoms with Crippen LogP contribution >= 0.6 is 0 Å². The number of benzene rings is 1. The molecule has 1 aromatic carbocycles. The molecule has 1 saturated heterocycles. The van der Waals surface area contributed by atoms with Crippen LogP contribution in [-0.2, 0) is 22.2 Å². The molecule has 1 fully saturated rings. The Morgan fingerprint density at radius 1 is 1.10 bits per heavy atom. The van der Waals surface area contributed by atoms with Gasteiger partial charge in [0.25, 0.3) is 0 Å². The summed E-state index contributed by atoms with van der Waals surface area (Å²) < 4.78 is 12.2. The molecule has 108 valence electrons. The number of hydrogen-bond acceptors (Lipinski definition) is 3. The Balaban J connectivity index is 1.86. The summed E-state index contributed by atoms with van der Waals surface area (Å²) in [5, 5.41) is 0. The summed E-state index contributed by atoms with van der Waals surface area (Å²) >= 11 is 0. The molecule has 0 aromatic heterocycles. The summed E-state index contributed by atoms with van der Waals surface area (Å²) in [6, 6.07) is 6.86. The van der Waals surface area contributed by atoms with Gasteiger partial charge in [-0.1, -0.05) is 18.2 Å². The lowest BCUT2D eigenvalue weighted by molar-refractivity contribution is 0.00578. The molecule has 0 radical (unpaired) electrons. The summed E-state index contributed by atoms with van der Waals surface area (Å²) in [6.07, 6.45) is 3.11. The topological polar surface area (TPSA) is 44.5 Å². The highest BCUT2D eigenvalue weighted by Gasteiger charge is 2.51. The third-order valence-electron chi connectivity index (χ3n) is 5.02. The molecule has 2 aliphatic rings. The van der Waals surface area contributed by atoms with E-state index in [-0.39, 0.29) is 18.3 Å². The first kappa shape index (κ1) is 14.1. The van der Waals surface area contributed by atoms with Crippen molar-refractivity contribution in [2.45, 2.75) is 64.2 Å². The van der Waals surface area contributed by atoms with Crippen molar-refractivity contribution in [2.75, 3.05) is 0 Å². The minimum atomic E-state index is -0.282. The van der Waals surface area contributed by atoms with E-state index >= 15 is 0 Å². The number of fused-ring (bicyclic) bond motifs is 1. The van der Waals surface area contributed by atoms with Crippen LogP contribution in [0.25, 0.3) is 0 Å². The number of aryl methyl sites for hydroxylation is 1. The minimum Gasteiger partial charge on any atom is -0.399 e.